The van der Waals surface area contributed by atoms with Crippen LogP contribution in [0.3, 0.4) is 0 Å². The van der Waals surface area contributed by atoms with Gasteiger partial charge in [0.25, 0.3) is 11.8 Å². The van der Waals surface area contributed by atoms with Gasteiger partial charge >= 0.3 is 0 Å². The Kier molecular flexibility index (Phi) is 9.59. The number of carbonyl (C=O) groups excluding carboxylic acids is 2. The summed E-state index contributed by atoms with van der Waals surface area (Å²) in [6, 6.07) is 6.99. The molecule has 1 aromatic rings. The van der Waals surface area contributed by atoms with Crippen molar-refractivity contribution in [2.75, 3.05) is 60.5 Å². The maximum absolute atomic E-state index is 12.3. The molecule has 1 aliphatic rings. The summed E-state index contributed by atoms with van der Waals surface area (Å²) < 4.78 is 5.07. The molecule has 8 nitrogen and oxygen atoms in total. The number of hydrogen-bond acceptors (Lipinski definition) is 5. The molecule has 0 radical (unpaired) electrons. The number of benzene rings is 1. The summed E-state index contributed by atoms with van der Waals surface area (Å²) in [4.78, 5) is 32.5. The molecule has 0 saturated carbocycles. The number of imide groups is 1. The van der Waals surface area contributed by atoms with Gasteiger partial charge in [0.05, 0.1) is 11.1 Å². The molecule has 8 heteroatoms. The highest BCUT2D eigenvalue weighted by atomic mass is 16.5. The SMILES string of the molecule is CN=C(NCCCCN1C(=O)c2ccccc2C1=O)NCCN(C)CCCOC. The maximum Gasteiger partial charge on any atom is 0.261 e. The number of guanidine groups is 1. The van der Waals surface area contributed by atoms with E-state index < -0.39 is 0 Å². The first-order valence-electron chi connectivity index (χ1n) is 10.2. The normalized spacial score (nSPS) is 13.9. The number of methoxy groups -OCH3 is 1. The van der Waals surface area contributed by atoms with E-state index in [4.69, 9.17) is 4.74 Å². The van der Waals surface area contributed by atoms with Gasteiger partial charge in [-0.15, -0.1) is 0 Å². The molecule has 0 saturated heterocycles. The Morgan fingerprint density at radius 3 is 2.31 bits per heavy atom. The van der Waals surface area contributed by atoms with Crippen molar-refractivity contribution >= 4 is 17.8 Å². The molecule has 2 rings (SSSR count). The van der Waals surface area contributed by atoms with Gasteiger partial charge in [-0.3, -0.25) is 19.5 Å². The fraction of sp³-hybridized carbons (Fsp3) is 0.571. The van der Waals surface area contributed by atoms with Crippen molar-refractivity contribution in [3.8, 4) is 0 Å². The molecule has 0 aliphatic carbocycles. The quantitative estimate of drug-likeness (QED) is 0.236. The van der Waals surface area contributed by atoms with Crippen LogP contribution in [-0.2, 0) is 4.74 Å². The average molecular weight is 404 g/mol. The minimum Gasteiger partial charge on any atom is -0.385 e. The van der Waals surface area contributed by atoms with Crippen molar-refractivity contribution in [3.05, 3.63) is 35.4 Å². The van der Waals surface area contributed by atoms with Gasteiger partial charge in [0, 0.05) is 53.5 Å². The van der Waals surface area contributed by atoms with Crippen molar-refractivity contribution in [3.63, 3.8) is 0 Å². The number of aliphatic imine (C=N–C) groups is 1. The molecule has 0 bridgehead atoms. The Hall–Kier alpha value is -2.45. The topological polar surface area (TPSA) is 86.3 Å². The predicted octanol–water partition coefficient (Wildman–Crippen LogP) is 1.20. The molecule has 160 valence electrons. The van der Waals surface area contributed by atoms with Gasteiger partial charge in [-0.05, 0) is 38.4 Å². The smallest absolute Gasteiger partial charge is 0.261 e. The molecule has 1 aromatic carbocycles. The zero-order valence-electron chi connectivity index (χ0n) is 17.7. The van der Waals surface area contributed by atoms with E-state index in [1.165, 1.54) is 4.90 Å². The number of nitrogens with zero attached hydrogens (tertiary/aromatic N) is 3. The van der Waals surface area contributed by atoms with Crippen LogP contribution >= 0.6 is 0 Å². The van der Waals surface area contributed by atoms with E-state index in [0.717, 1.165) is 58.0 Å². The van der Waals surface area contributed by atoms with Crippen molar-refractivity contribution in [1.29, 1.82) is 0 Å². The number of hydrogen-bond donors (Lipinski definition) is 2. The zero-order chi connectivity index (χ0) is 21.1. The summed E-state index contributed by atoms with van der Waals surface area (Å²) in [5.74, 6) is 0.382. The number of nitrogens with one attached hydrogen (secondary N) is 2. The van der Waals surface area contributed by atoms with Gasteiger partial charge < -0.3 is 20.3 Å². The second-order valence-electron chi connectivity index (χ2n) is 7.09. The van der Waals surface area contributed by atoms with Gasteiger partial charge in [0.1, 0.15) is 0 Å². The van der Waals surface area contributed by atoms with Crippen molar-refractivity contribution in [2.24, 2.45) is 4.99 Å². The van der Waals surface area contributed by atoms with E-state index in [-0.39, 0.29) is 11.8 Å². The first-order chi connectivity index (χ1) is 14.1. The Balaban J connectivity index is 1.60. The lowest BCUT2D eigenvalue weighted by Crippen LogP contribution is -2.41. The fourth-order valence-corrected chi connectivity index (χ4v) is 3.22. The van der Waals surface area contributed by atoms with Gasteiger partial charge in [-0.25, -0.2) is 0 Å². The summed E-state index contributed by atoms with van der Waals surface area (Å²) >= 11 is 0. The highest BCUT2D eigenvalue weighted by Crippen LogP contribution is 2.22. The molecule has 0 atom stereocenters. The van der Waals surface area contributed by atoms with Gasteiger partial charge in [0.2, 0.25) is 0 Å². The van der Waals surface area contributed by atoms with E-state index in [1.807, 2.05) is 0 Å². The number of amides is 2. The second kappa shape index (κ2) is 12.2. The predicted molar refractivity (Wildman–Crippen MR) is 114 cm³/mol. The Morgan fingerprint density at radius 2 is 1.69 bits per heavy atom. The molecule has 2 N–H and O–H groups in total. The van der Waals surface area contributed by atoms with E-state index in [2.05, 4.69) is 27.6 Å². The summed E-state index contributed by atoms with van der Waals surface area (Å²) in [6.07, 6.45) is 2.61. The van der Waals surface area contributed by atoms with Crippen molar-refractivity contribution in [2.45, 2.75) is 19.3 Å². The van der Waals surface area contributed by atoms with Gasteiger partial charge in [0.15, 0.2) is 5.96 Å². The van der Waals surface area contributed by atoms with Gasteiger partial charge in [-0.1, -0.05) is 12.1 Å². The molecule has 0 fully saturated rings. The molecular weight excluding hydrogens is 370 g/mol. The Labute approximate surface area is 173 Å². The van der Waals surface area contributed by atoms with E-state index in [1.54, 1.807) is 38.4 Å². The largest absolute Gasteiger partial charge is 0.385 e. The lowest BCUT2D eigenvalue weighted by atomic mass is 10.1. The lowest BCUT2D eigenvalue weighted by molar-refractivity contribution is 0.0652. The van der Waals surface area contributed by atoms with Crippen LogP contribution in [0.2, 0.25) is 0 Å². The third-order valence-electron chi connectivity index (χ3n) is 4.88. The highest BCUT2D eigenvalue weighted by Gasteiger charge is 2.34. The third kappa shape index (κ3) is 6.83. The average Bonchev–Trinajstić information content (AvgIpc) is 2.97. The zero-order valence-corrected chi connectivity index (χ0v) is 17.7. The first kappa shape index (κ1) is 22.8. The van der Waals surface area contributed by atoms with E-state index in [0.29, 0.717) is 17.7 Å². The Morgan fingerprint density at radius 1 is 1.03 bits per heavy atom. The van der Waals surface area contributed by atoms with Crippen LogP contribution in [-0.4, -0.2) is 88.1 Å². The van der Waals surface area contributed by atoms with Crippen LogP contribution in [0, 0.1) is 0 Å². The molecule has 0 aromatic heterocycles. The maximum atomic E-state index is 12.3. The standard InChI is InChI=1S/C21H33N5O3/c1-22-21(24-12-15-25(2)13-8-16-29-3)23-11-6-7-14-26-19(27)17-9-4-5-10-18(17)20(26)28/h4-5,9-10H,6-8,11-16H2,1-3H3,(H2,22,23,24). The molecule has 29 heavy (non-hydrogen) atoms. The minimum atomic E-state index is -0.189. The number of ether oxygens (including phenoxy) is 1. The summed E-state index contributed by atoms with van der Waals surface area (Å²) in [6.45, 7) is 4.67. The molecular formula is C21H33N5O3. The van der Waals surface area contributed by atoms with Crippen molar-refractivity contribution < 1.29 is 14.3 Å². The fourth-order valence-electron chi connectivity index (χ4n) is 3.22. The van der Waals surface area contributed by atoms with E-state index in [9.17, 15) is 9.59 Å². The molecule has 1 aliphatic heterocycles. The minimum absolute atomic E-state index is 0.189. The lowest BCUT2D eigenvalue weighted by Gasteiger charge is -2.18. The number of carbonyl (C=O) groups is 2. The summed E-state index contributed by atoms with van der Waals surface area (Å²) in [5.41, 5.74) is 1.01. The molecule has 0 spiro atoms. The monoisotopic (exact) mass is 403 g/mol. The molecule has 2 amide bonds. The number of fused-ring (bicyclic) bond motifs is 1. The molecule has 1 heterocycles. The van der Waals surface area contributed by atoms with E-state index >= 15 is 0 Å². The van der Waals surface area contributed by atoms with Crippen LogP contribution < -0.4 is 10.6 Å². The highest BCUT2D eigenvalue weighted by molar-refractivity contribution is 6.21. The van der Waals surface area contributed by atoms with Crippen molar-refractivity contribution in [1.82, 2.24) is 20.4 Å². The van der Waals surface area contributed by atoms with Crippen LogP contribution in [0.25, 0.3) is 0 Å². The van der Waals surface area contributed by atoms with Crippen LogP contribution in [0.5, 0.6) is 0 Å². The summed E-state index contributed by atoms with van der Waals surface area (Å²) in [7, 11) is 5.56. The van der Waals surface area contributed by atoms with Crippen LogP contribution in [0.1, 0.15) is 40.0 Å². The van der Waals surface area contributed by atoms with Gasteiger partial charge in [-0.2, -0.15) is 0 Å². The second-order valence-corrected chi connectivity index (χ2v) is 7.09. The van der Waals surface area contributed by atoms with Crippen LogP contribution in [0.4, 0.5) is 0 Å². The third-order valence-corrected chi connectivity index (χ3v) is 4.88. The number of rotatable bonds is 12. The Bertz CT molecular complexity index is 672. The first-order valence-corrected chi connectivity index (χ1v) is 10.2. The number of unbranched alkanes of at least 4 members (excludes halogenated alkanes) is 1. The number of likely N-dealkylation sites (N-methyl/N-ethyl adjacent to an activating group) is 1. The summed E-state index contributed by atoms with van der Waals surface area (Å²) in [5, 5.41) is 6.57. The van der Waals surface area contributed by atoms with Crippen LogP contribution in [0.15, 0.2) is 29.3 Å². The molecule has 0 unspecified atom stereocenters.